The molecule has 2 saturated heterocycles. The van der Waals surface area contributed by atoms with Gasteiger partial charge < -0.3 is 19.8 Å². The molecule has 4 heterocycles. The van der Waals surface area contributed by atoms with Crippen LogP contribution in [0.15, 0.2) is 41.9 Å². The average molecular weight is 558 g/mol. The van der Waals surface area contributed by atoms with Crippen molar-refractivity contribution in [2.24, 2.45) is 0 Å². The highest BCUT2D eigenvalue weighted by Gasteiger charge is 2.41. The number of nitrogens with zero attached hydrogens (tertiary/aromatic N) is 3. The first kappa shape index (κ1) is 30.3. The van der Waals surface area contributed by atoms with Crippen molar-refractivity contribution in [3.05, 3.63) is 46.8 Å². The maximum Gasteiger partial charge on any atom is 0.490 e. The lowest BCUT2D eigenvalue weighted by molar-refractivity contribution is -0.193. The molecule has 1 atom stereocenters. The highest BCUT2D eigenvalue weighted by molar-refractivity contribution is 7.09. The van der Waals surface area contributed by atoms with Gasteiger partial charge in [0.05, 0.1) is 12.2 Å². The molecule has 206 valence electrons. The number of aliphatic carboxylic acids is 2. The summed E-state index contributed by atoms with van der Waals surface area (Å²) < 4.78 is 69.8. The van der Waals surface area contributed by atoms with Crippen molar-refractivity contribution in [1.82, 2.24) is 9.88 Å². The van der Waals surface area contributed by atoms with E-state index in [0.717, 1.165) is 51.6 Å². The Bertz CT molecular complexity index is 963. The number of halogens is 6. The largest absolute Gasteiger partial charge is 0.490 e. The van der Waals surface area contributed by atoms with Gasteiger partial charge in [-0.15, -0.1) is 11.3 Å². The second kappa shape index (κ2) is 13.1. The van der Waals surface area contributed by atoms with Crippen LogP contribution >= 0.6 is 11.3 Å². The van der Waals surface area contributed by atoms with Gasteiger partial charge in [-0.2, -0.15) is 26.3 Å². The fraction of sp³-hybridized carbons (Fsp3) is 0.500. The van der Waals surface area contributed by atoms with E-state index in [-0.39, 0.29) is 5.60 Å². The minimum absolute atomic E-state index is 0.0364. The number of thiophene rings is 1. The average Bonchev–Trinajstić information content (AvgIpc) is 3.32. The van der Waals surface area contributed by atoms with Crippen LogP contribution in [-0.4, -0.2) is 82.8 Å². The molecule has 2 aromatic heterocycles. The first-order chi connectivity index (χ1) is 17.2. The minimum atomic E-state index is -5.08. The molecule has 0 bridgehead atoms. The summed E-state index contributed by atoms with van der Waals surface area (Å²) in [5.41, 5.74) is -0.0364. The molecule has 2 aliphatic heterocycles. The number of alkyl halides is 6. The highest BCUT2D eigenvalue weighted by atomic mass is 32.1. The second-order valence-corrected chi connectivity index (χ2v) is 9.17. The van der Waals surface area contributed by atoms with E-state index in [1.54, 1.807) is 0 Å². The highest BCUT2D eigenvalue weighted by Crippen LogP contribution is 2.31. The van der Waals surface area contributed by atoms with Crippen LogP contribution in [-0.2, 0) is 20.9 Å². The Kier molecular flexibility index (Phi) is 10.7. The van der Waals surface area contributed by atoms with Gasteiger partial charge in [0.2, 0.25) is 0 Å². The van der Waals surface area contributed by atoms with Crippen molar-refractivity contribution >= 4 is 29.1 Å². The third-order valence-corrected chi connectivity index (χ3v) is 6.15. The number of morpholine rings is 1. The SMILES string of the molecule is O=C(O)C(F)(F)F.O=C(O)C(F)(F)F.c1ccc(N2CCCC3(CN(Cc4cccs4)CCO3)C2)nc1. The zero-order chi connectivity index (χ0) is 27.7. The van der Waals surface area contributed by atoms with Crippen LogP contribution in [0, 0.1) is 0 Å². The summed E-state index contributed by atoms with van der Waals surface area (Å²) >= 11 is 1.85. The summed E-state index contributed by atoms with van der Waals surface area (Å²) in [6.45, 7) is 5.96. The number of carbonyl (C=O) groups is 2. The normalized spacial score (nSPS) is 20.3. The summed E-state index contributed by atoms with van der Waals surface area (Å²) in [4.78, 5) is 28.7. The third-order valence-electron chi connectivity index (χ3n) is 5.28. The Morgan fingerprint density at radius 1 is 1.00 bits per heavy atom. The van der Waals surface area contributed by atoms with Crippen LogP contribution in [0.5, 0.6) is 0 Å². The third kappa shape index (κ3) is 10.2. The van der Waals surface area contributed by atoms with Crippen LogP contribution in [0.2, 0.25) is 0 Å². The number of rotatable bonds is 3. The Morgan fingerprint density at radius 3 is 2.16 bits per heavy atom. The Morgan fingerprint density at radius 2 is 1.65 bits per heavy atom. The molecular weight excluding hydrogens is 532 g/mol. The smallest absolute Gasteiger partial charge is 0.475 e. The van der Waals surface area contributed by atoms with Gasteiger partial charge in [-0.05, 0) is 36.4 Å². The van der Waals surface area contributed by atoms with Crippen LogP contribution in [0.4, 0.5) is 32.2 Å². The monoisotopic (exact) mass is 557 g/mol. The number of ether oxygens (including phenoxy) is 1. The number of carboxylic acid groups (broad SMARTS) is 2. The van der Waals surface area contributed by atoms with E-state index in [2.05, 4.69) is 44.4 Å². The molecule has 0 amide bonds. The van der Waals surface area contributed by atoms with E-state index in [9.17, 15) is 26.3 Å². The number of anilines is 1. The molecule has 8 nitrogen and oxygen atoms in total. The molecule has 0 saturated carbocycles. The molecule has 2 aliphatic rings. The van der Waals surface area contributed by atoms with E-state index < -0.39 is 24.3 Å². The van der Waals surface area contributed by atoms with Gasteiger partial charge in [0, 0.05) is 43.8 Å². The number of piperidine rings is 1. The van der Waals surface area contributed by atoms with E-state index in [1.807, 2.05) is 23.6 Å². The maximum absolute atomic E-state index is 10.6. The first-order valence-corrected chi connectivity index (χ1v) is 11.7. The Balaban J connectivity index is 0.000000286. The molecule has 4 rings (SSSR count). The molecule has 0 radical (unpaired) electrons. The van der Waals surface area contributed by atoms with Crippen LogP contribution in [0.25, 0.3) is 0 Å². The van der Waals surface area contributed by atoms with Crippen molar-refractivity contribution < 1.29 is 50.9 Å². The molecule has 0 aromatic carbocycles. The lowest BCUT2D eigenvalue weighted by atomic mass is 9.90. The van der Waals surface area contributed by atoms with E-state index >= 15 is 0 Å². The summed E-state index contributed by atoms with van der Waals surface area (Å²) in [5.74, 6) is -4.44. The molecule has 2 aromatic rings. The second-order valence-electron chi connectivity index (χ2n) is 8.14. The van der Waals surface area contributed by atoms with Gasteiger partial charge in [-0.25, -0.2) is 14.6 Å². The predicted molar refractivity (Wildman–Crippen MR) is 121 cm³/mol. The zero-order valence-electron chi connectivity index (χ0n) is 19.3. The fourth-order valence-electron chi connectivity index (χ4n) is 3.76. The van der Waals surface area contributed by atoms with Crippen molar-refractivity contribution in [2.75, 3.05) is 37.7 Å². The summed E-state index contributed by atoms with van der Waals surface area (Å²) in [6, 6.07) is 10.5. The van der Waals surface area contributed by atoms with Gasteiger partial charge >= 0.3 is 24.3 Å². The number of carboxylic acids is 2. The van der Waals surface area contributed by atoms with Gasteiger partial charge in [0.1, 0.15) is 5.82 Å². The van der Waals surface area contributed by atoms with E-state index in [0.29, 0.717) is 0 Å². The van der Waals surface area contributed by atoms with Gasteiger partial charge in [-0.1, -0.05) is 12.1 Å². The molecule has 2 fully saturated rings. The lowest BCUT2D eigenvalue weighted by Gasteiger charge is -2.48. The van der Waals surface area contributed by atoms with Gasteiger partial charge in [-0.3, -0.25) is 4.90 Å². The van der Waals surface area contributed by atoms with Crippen LogP contribution in [0.3, 0.4) is 0 Å². The van der Waals surface area contributed by atoms with Crippen molar-refractivity contribution in [3.8, 4) is 0 Å². The molecule has 37 heavy (non-hydrogen) atoms. The maximum atomic E-state index is 10.6. The van der Waals surface area contributed by atoms with E-state index in [1.165, 1.54) is 11.3 Å². The molecule has 1 spiro atoms. The number of hydrogen-bond donors (Lipinski definition) is 2. The zero-order valence-corrected chi connectivity index (χ0v) is 20.2. The summed E-state index contributed by atoms with van der Waals surface area (Å²) in [5, 5.41) is 16.4. The molecule has 1 unspecified atom stereocenters. The molecule has 15 heteroatoms. The number of hydrogen-bond acceptors (Lipinski definition) is 7. The molecule has 2 N–H and O–H groups in total. The Hall–Kier alpha value is -2.91. The number of pyridine rings is 1. The lowest BCUT2D eigenvalue weighted by Crippen LogP contribution is -2.59. The molecular formula is C22H25F6N3O5S. The van der Waals surface area contributed by atoms with Crippen molar-refractivity contribution in [2.45, 2.75) is 37.3 Å². The topological polar surface area (TPSA) is 103 Å². The standard InChI is InChI=1S/C18H23N3OS.2C2HF3O2/c1-2-8-19-17(6-1)21-9-4-7-18(15-21)14-20(10-11-22-18)13-16-5-3-12-23-16;2*3-2(4,5)1(6)7/h1-3,5-6,8,12H,4,7,9-11,13-15H2;2*(H,6,7). The number of aromatic nitrogens is 1. The van der Waals surface area contributed by atoms with Crippen molar-refractivity contribution in [1.29, 1.82) is 0 Å². The molecule has 0 aliphatic carbocycles. The predicted octanol–water partition coefficient (Wildman–Crippen LogP) is 4.28. The summed E-state index contributed by atoms with van der Waals surface area (Å²) in [7, 11) is 0. The van der Waals surface area contributed by atoms with Crippen molar-refractivity contribution in [3.63, 3.8) is 0 Å². The quantitative estimate of drug-likeness (QED) is 0.540. The summed E-state index contributed by atoms with van der Waals surface area (Å²) in [6.07, 6.45) is -5.97. The Labute approximate surface area is 212 Å². The fourth-order valence-corrected chi connectivity index (χ4v) is 4.51. The minimum Gasteiger partial charge on any atom is -0.475 e. The van der Waals surface area contributed by atoms with Crippen LogP contribution < -0.4 is 4.90 Å². The van der Waals surface area contributed by atoms with Crippen LogP contribution in [0.1, 0.15) is 17.7 Å². The van der Waals surface area contributed by atoms with Gasteiger partial charge in [0.15, 0.2) is 0 Å². The van der Waals surface area contributed by atoms with E-state index in [4.69, 9.17) is 24.5 Å². The van der Waals surface area contributed by atoms with Gasteiger partial charge in [0.25, 0.3) is 0 Å². The first-order valence-electron chi connectivity index (χ1n) is 10.9.